The van der Waals surface area contributed by atoms with Crippen LogP contribution in [0.1, 0.15) is 45.0 Å². The van der Waals surface area contributed by atoms with E-state index in [1.165, 1.54) is 24.3 Å². The number of nitrogens with one attached hydrogen (secondary N) is 2. The number of hydrogen-bond acceptors (Lipinski definition) is 5. The van der Waals surface area contributed by atoms with Gasteiger partial charge in [-0.15, -0.1) is 0 Å². The van der Waals surface area contributed by atoms with Crippen molar-refractivity contribution in [1.82, 2.24) is 9.62 Å². The molecular weight excluding hydrogens is 414 g/mol. The highest BCUT2D eigenvalue weighted by Crippen LogP contribution is 2.18. The van der Waals surface area contributed by atoms with E-state index in [4.69, 9.17) is 4.74 Å². The van der Waals surface area contributed by atoms with Gasteiger partial charge in [-0.3, -0.25) is 4.79 Å². The van der Waals surface area contributed by atoms with Crippen LogP contribution >= 0.6 is 0 Å². The van der Waals surface area contributed by atoms with E-state index >= 15 is 0 Å². The van der Waals surface area contributed by atoms with Gasteiger partial charge in [0.15, 0.2) is 0 Å². The first-order valence-electron chi connectivity index (χ1n) is 10.4. The maximum absolute atomic E-state index is 12.5. The number of anilines is 1. The van der Waals surface area contributed by atoms with Crippen molar-refractivity contribution in [3.8, 4) is 5.75 Å². The highest BCUT2D eigenvalue weighted by molar-refractivity contribution is 7.89. The zero-order chi connectivity index (χ0) is 23.1. The lowest BCUT2D eigenvalue weighted by Gasteiger charge is -2.20. The number of nitrogens with zero attached hydrogens (tertiary/aromatic N) is 1. The minimum atomic E-state index is -3.64. The van der Waals surface area contributed by atoms with Gasteiger partial charge in [0.2, 0.25) is 10.0 Å². The molecule has 2 N–H and O–H groups in total. The maximum Gasteiger partial charge on any atom is 0.255 e. The molecule has 0 unspecified atom stereocenters. The molecule has 0 aliphatic rings. The molecule has 0 bridgehead atoms. The van der Waals surface area contributed by atoms with Crippen molar-refractivity contribution >= 4 is 21.6 Å². The third-order valence-electron chi connectivity index (χ3n) is 4.55. The average Bonchev–Trinajstić information content (AvgIpc) is 2.71. The van der Waals surface area contributed by atoms with Gasteiger partial charge in [0.05, 0.1) is 4.90 Å². The molecular formula is C23H33N3O4S. The van der Waals surface area contributed by atoms with Gasteiger partial charge in [-0.25, -0.2) is 13.1 Å². The number of sulfonamides is 1. The molecule has 0 atom stereocenters. The number of carbonyl (C=O) groups excluding carboxylic acids is 1. The van der Waals surface area contributed by atoms with Crippen LogP contribution in [0.5, 0.6) is 5.75 Å². The quantitative estimate of drug-likeness (QED) is 0.579. The van der Waals surface area contributed by atoms with Gasteiger partial charge in [0.1, 0.15) is 12.4 Å². The first kappa shape index (κ1) is 24.8. The Kier molecular flexibility index (Phi) is 8.61. The molecule has 8 heteroatoms. The Morgan fingerprint density at radius 3 is 2.06 bits per heavy atom. The minimum Gasteiger partial charge on any atom is -0.492 e. The third-order valence-corrected chi connectivity index (χ3v) is 6.32. The second-order valence-corrected chi connectivity index (χ2v) is 9.92. The molecule has 1 amide bonds. The molecule has 0 fully saturated rings. The normalized spacial score (nSPS) is 12.1. The van der Waals surface area contributed by atoms with Gasteiger partial charge in [-0.1, -0.05) is 13.8 Å². The second kappa shape index (κ2) is 10.7. The lowest BCUT2D eigenvalue weighted by molar-refractivity contribution is 0.102. The van der Waals surface area contributed by atoms with Gasteiger partial charge in [0, 0.05) is 23.3 Å². The Hall–Kier alpha value is -2.42. The first-order valence-corrected chi connectivity index (χ1v) is 11.9. The van der Waals surface area contributed by atoms with Crippen LogP contribution in [0, 0.1) is 0 Å². The molecule has 0 spiro atoms. The predicted molar refractivity (Wildman–Crippen MR) is 124 cm³/mol. The van der Waals surface area contributed by atoms with Crippen LogP contribution in [0.3, 0.4) is 0 Å². The van der Waals surface area contributed by atoms with Crippen molar-refractivity contribution in [3.05, 3.63) is 54.1 Å². The summed E-state index contributed by atoms with van der Waals surface area (Å²) in [5.41, 5.74) is 0.414. The summed E-state index contributed by atoms with van der Waals surface area (Å²) in [4.78, 5) is 14.9. The average molecular weight is 448 g/mol. The molecule has 2 aromatic rings. The predicted octanol–water partition coefficient (Wildman–Crippen LogP) is 3.74. The van der Waals surface area contributed by atoms with Crippen LogP contribution < -0.4 is 14.8 Å². The summed E-state index contributed by atoms with van der Waals surface area (Å²) >= 11 is 0. The van der Waals surface area contributed by atoms with Gasteiger partial charge in [0.25, 0.3) is 5.91 Å². The van der Waals surface area contributed by atoms with E-state index in [0.717, 1.165) is 25.4 Å². The molecule has 0 saturated heterocycles. The molecule has 0 heterocycles. The molecule has 0 aliphatic carbocycles. The third kappa shape index (κ3) is 7.97. The highest BCUT2D eigenvalue weighted by atomic mass is 32.2. The van der Waals surface area contributed by atoms with Crippen LogP contribution in [0.15, 0.2) is 53.4 Å². The van der Waals surface area contributed by atoms with Gasteiger partial charge in [-0.2, -0.15) is 0 Å². The Morgan fingerprint density at radius 2 is 1.55 bits per heavy atom. The van der Waals surface area contributed by atoms with Crippen molar-refractivity contribution in [3.63, 3.8) is 0 Å². The summed E-state index contributed by atoms with van der Waals surface area (Å²) in [6, 6.07) is 13.0. The number of rotatable bonds is 10. The summed E-state index contributed by atoms with van der Waals surface area (Å²) in [6.45, 7) is 13.0. The van der Waals surface area contributed by atoms with E-state index in [1.807, 2.05) is 12.1 Å². The molecule has 31 heavy (non-hydrogen) atoms. The fraction of sp³-hybridized carbons (Fsp3) is 0.435. The number of amides is 1. The molecule has 0 aliphatic heterocycles. The van der Waals surface area contributed by atoms with Crippen LogP contribution in [0.25, 0.3) is 0 Å². The Bertz CT molecular complexity index is 946. The Labute approximate surface area is 185 Å². The topological polar surface area (TPSA) is 87.7 Å². The zero-order valence-corrected chi connectivity index (χ0v) is 19.8. The lowest BCUT2D eigenvalue weighted by atomic mass is 10.1. The van der Waals surface area contributed by atoms with E-state index < -0.39 is 15.6 Å². The van der Waals surface area contributed by atoms with E-state index in [2.05, 4.69) is 28.8 Å². The van der Waals surface area contributed by atoms with E-state index in [-0.39, 0.29) is 10.8 Å². The van der Waals surface area contributed by atoms with Crippen molar-refractivity contribution < 1.29 is 17.9 Å². The van der Waals surface area contributed by atoms with Crippen LogP contribution in [-0.2, 0) is 10.0 Å². The number of hydrogen-bond donors (Lipinski definition) is 2. The SMILES string of the molecule is CCN(CC)CCOc1ccc(NC(=O)c2ccc(S(=O)(=O)NC(C)(C)C)cc2)cc1. The number of carbonyl (C=O) groups is 1. The molecule has 0 saturated carbocycles. The van der Waals surface area contributed by atoms with Gasteiger partial charge in [-0.05, 0) is 82.4 Å². The van der Waals surface area contributed by atoms with Crippen LogP contribution in [0.4, 0.5) is 5.69 Å². The molecule has 0 aromatic heterocycles. The standard InChI is InChI=1S/C23H33N3O4S/c1-6-26(7-2)16-17-30-20-12-10-19(11-13-20)24-22(27)18-8-14-21(15-9-18)31(28,29)25-23(3,4)5/h8-15,25H,6-7,16-17H2,1-5H3,(H,24,27). The fourth-order valence-electron chi connectivity index (χ4n) is 2.92. The van der Waals surface area contributed by atoms with Gasteiger partial charge >= 0.3 is 0 Å². The Morgan fingerprint density at radius 1 is 0.968 bits per heavy atom. The smallest absolute Gasteiger partial charge is 0.255 e. The molecule has 2 rings (SSSR count). The van der Waals surface area contributed by atoms with Crippen molar-refractivity contribution in [2.75, 3.05) is 31.6 Å². The molecule has 170 valence electrons. The fourth-order valence-corrected chi connectivity index (χ4v) is 4.34. The summed E-state index contributed by atoms with van der Waals surface area (Å²) in [6.07, 6.45) is 0. The molecule has 2 aromatic carbocycles. The number of likely N-dealkylation sites (N-methyl/N-ethyl adjacent to an activating group) is 1. The summed E-state index contributed by atoms with van der Waals surface area (Å²) in [5.74, 6) is 0.425. The maximum atomic E-state index is 12.5. The molecule has 7 nitrogen and oxygen atoms in total. The van der Waals surface area contributed by atoms with E-state index in [9.17, 15) is 13.2 Å². The summed E-state index contributed by atoms with van der Waals surface area (Å²) < 4.78 is 33.1. The van der Waals surface area contributed by atoms with Crippen LogP contribution in [-0.4, -0.2) is 51.0 Å². The van der Waals surface area contributed by atoms with Crippen molar-refractivity contribution in [1.29, 1.82) is 0 Å². The molecule has 0 radical (unpaired) electrons. The minimum absolute atomic E-state index is 0.116. The summed E-state index contributed by atoms with van der Waals surface area (Å²) in [5, 5.41) is 2.81. The Balaban J connectivity index is 1.94. The second-order valence-electron chi connectivity index (χ2n) is 8.23. The number of ether oxygens (including phenoxy) is 1. The highest BCUT2D eigenvalue weighted by Gasteiger charge is 2.22. The largest absolute Gasteiger partial charge is 0.492 e. The van der Waals surface area contributed by atoms with E-state index in [0.29, 0.717) is 17.9 Å². The first-order chi connectivity index (χ1) is 14.5. The number of benzene rings is 2. The van der Waals surface area contributed by atoms with Crippen molar-refractivity contribution in [2.24, 2.45) is 0 Å². The summed E-state index contributed by atoms with van der Waals surface area (Å²) in [7, 11) is -3.64. The zero-order valence-electron chi connectivity index (χ0n) is 18.9. The lowest BCUT2D eigenvalue weighted by Crippen LogP contribution is -2.40. The van der Waals surface area contributed by atoms with Crippen LogP contribution in [0.2, 0.25) is 0 Å². The van der Waals surface area contributed by atoms with Gasteiger partial charge < -0.3 is 15.0 Å². The van der Waals surface area contributed by atoms with Crippen molar-refractivity contribution in [2.45, 2.75) is 45.1 Å². The monoisotopic (exact) mass is 447 g/mol. The van der Waals surface area contributed by atoms with E-state index in [1.54, 1.807) is 32.9 Å².